The van der Waals surface area contributed by atoms with E-state index in [2.05, 4.69) is 53.8 Å². The molecular formula is C14H30OSi. The Morgan fingerprint density at radius 3 is 2.12 bits per heavy atom. The SMILES string of the molecule is CCC(C)C/C=C/[C@H](O)[Si](C)(C)C(C)(C)C. The predicted molar refractivity (Wildman–Crippen MR) is 76.4 cm³/mol. The van der Waals surface area contributed by atoms with Crippen LogP contribution in [0.2, 0.25) is 18.1 Å². The van der Waals surface area contributed by atoms with Crippen LogP contribution in [0.5, 0.6) is 0 Å². The number of hydrogen-bond acceptors (Lipinski definition) is 1. The van der Waals surface area contributed by atoms with Crippen LogP contribution in [-0.4, -0.2) is 18.9 Å². The monoisotopic (exact) mass is 242 g/mol. The van der Waals surface area contributed by atoms with Gasteiger partial charge in [-0.3, -0.25) is 0 Å². The average molecular weight is 242 g/mol. The first-order valence-corrected chi connectivity index (χ1v) is 9.55. The van der Waals surface area contributed by atoms with Crippen molar-refractivity contribution in [1.82, 2.24) is 0 Å². The predicted octanol–water partition coefficient (Wildman–Crippen LogP) is 4.39. The van der Waals surface area contributed by atoms with Gasteiger partial charge in [0.1, 0.15) is 0 Å². The molecule has 0 heterocycles. The molecule has 0 amide bonds. The third-order valence-corrected chi connectivity index (χ3v) is 9.76. The maximum Gasteiger partial charge on any atom is 0.0914 e. The van der Waals surface area contributed by atoms with Crippen molar-refractivity contribution in [3.8, 4) is 0 Å². The lowest BCUT2D eigenvalue weighted by Crippen LogP contribution is -2.48. The molecule has 0 saturated carbocycles. The molecule has 0 spiro atoms. The molecule has 16 heavy (non-hydrogen) atoms. The van der Waals surface area contributed by atoms with Gasteiger partial charge in [-0.1, -0.05) is 66.3 Å². The highest BCUT2D eigenvalue weighted by Gasteiger charge is 2.40. The fourth-order valence-corrected chi connectivity index (χ4v) is 2.80. The first-order chi connectivity index (χ1) is 7.13. The molecule has 1 unspecified atom stereocenters. The maximum absolute atomic E-state index is 10.3. The molecule has 0 aliphatic carbocycles. The van der Waals surface area contributed by atoms with Crippen molar-refractivity contribution in [2.24, 2.45) is 5.92 Å². The van der Waals surface area contributed by atoms with E-state index in [-0.39, 0.29) is 10.8 Å². The molecule has 0 aromatic carbocycles. The summed E-state index contributed by atoms with van der Waals surface area (Å²) in [6.45, 7) is 15.7. The number of aliphatic hydroxyl groups excluding tert-OH is 1. The number of allylic oxidation sites excluding steroid dienone is 1. The minimum Gasteiger partial charge on any atom is -0.393 e. The Morgan fingerprint density at radius 1 is 1.25 bits per heavy atom. The van der Waals surface area contributed by atoms with Gasteiger partial charge in [0.05, 0.1) is 13.8 Å². The zero-order chi connectivity index (χ0) is 13.0. The summed E-state index contributed by atoms with van der Waals surface area (Å²) < 4.78 is 0. The highest BCUT2D eigenvalue weighted by molar-refractivity contribution is 6.81. The van der Waals surface area contributed by atoms with Crippen molar-refractivity contribution >= 4 is 8.07 Å². The van der Waals surface area contributed by atoms with Crippen molar-refractivity contribution < 1.29 is 5.11 Å². The van der Waals surface area contributed by atoms with Crippen LogP contribution in [0.15, 0.2) is 12.2 Å². The third kappa shape index (κ3) is 4.42. The van der Waals surface area contributed by atoms with Crippen molar-refractivity contribution in [2.75, 3.05) is 0 Å². The Labute approximate surface area is 103 Å². The van der Waals surface area contributed by atoms with Crippen LogP contribution < -0.4 is 0 Å². The smallest absolute Gasteiger partial charge is 0.0914 e. The van der Waals surface area contributed by atoms with Gasteiger partial charge in [-0.25, -0.2) is 0 Å². The number of rotatable bonds is 5. The van der Waals surface area contributed by atoms with Crippen molar-refractivity contribution in [2.45, 2.75) is 71.3 Å². The first-order valence-electron chi connectivity index (χ1n) is 6.47. The van der Waals surface area contributed by atoms with Gasteiger partial charge >= 0.3 is 0 Å². The lowest BCUT2D eigenvalue weighted by molar-refractivity contribution is 0.283. The summed E-state index contributed by atoms with van der Waals surface area (Å²) in [6, 6.07) is 0. The van der Waals surface area contributed by atoms with Gasteiger partial charge in [0.25, 0.3) is 0 Å². The van der Waals surface area contributed by atoms with Gasteiger partial charge in [0, 0.05) is 0 Å². The summed E-state index contributed by atoms with van der Waals surface area (Å²) in [5.74, 6) is 0.725. The molecule has 2 atom stereocenters. The summed E-state index contributed by atoms with van der Waals surface area (Å²) in [4.78, 5) is 0. The van der Waals surface area contributed by atoms with E-state index in [0.717, 1.165) is 12.3 Å². The number of hydrogen-bond donors (Lipinski definition) is 1. The van der Waals surface area contributed by atoms with Crippen LogP contribution in [0.4, 0.5) is 0 Å². The minimum absolute atomic E-state index is 0.225. The van der Waals surface area contributed by atoms with Crippen molar-refractivity contribution in [1.29, 1.82) is 0 Å². The highest BCUT2D eigenvalue weighted by Crippen LogP contribution is 2.38. The second kappa shape index (κ2) is 6.01. The fraction of sp³-hybridized carbons (Fsp3) is 0.857. The van der Waals surface area contributed by atoms with E-state index >= 15 is 0 Å². The van der Waals surface area contributed by atoms with Gasteiger partial charge in [-0.15, -0.1) is 0 Å². The van der Waals surface area contributed by atoms with Crippen molar-refractivity contribution in [3.05, 3.63) is 12.2 Å². The van der Waals surface area contributed by atoms with Gasteiger partial charge < -0.3 is 5.11 Å². The van der Waals surface area contributed by atoms with Gasteiger partial charge in [0.2, 0.25) is 0 Å². The quantitative estimate of drug-likeness (QED) is 0.560. The topological polar surface area (TPSA) is 20.2 Å². The Kier molecular flexibility index (Phi) is 5.98. The summed E-state index contributed by atoms with van der Waals surface area (Å²) in [5, 5.41) is 10.5. The molecule has 0 fully saturated rings. The largest absolute Gasteiger partial charge is 0.393 e. The van der Waals surface area contributed by atoms with E-state index < -0.39 is 8.07 Å². The van der Waals surface area contributed by atoms with Gasteiger partial charge in [0.15, 0.2) is 0 Å². The third-order valence-electron chi connectivity index (χ3n) is 4.23. The number of aliphatic hydroxyl groups is 1. The van der Waals surface area contributed by atoms with Gasteiger partial charge in [-0.2, -0.15) is 0 Å². The molecule has 0 radical (unpaired) electrons. The summed E-state index contributed by atoms with van der Waals surface area (Å²) in [6.07, 6.45) is 6.49. The van der Waals surface area contributed by atoms with Crippen LogP contribution in [0.1, 0.15) is 47.5 Å². The lowest BCUT2D eigenvalue weighted by atomic mass is 10.1. The van der Waals surface area contributed by atoms with Crippen LogP contribution in [0, 0.1) is 5.92 Å². The van der Waals surface area contributed by atoms with Gasteiger partial charge in [-0.05, 0) is 17.4 Å². The molecule has 0 aromatic heterocycles. The van der Waals surface area contributed by atoms with Crippen LogP contribution >= 0.6 is 0 Å². The molecule has 1 nitrogen and oxygen atoms in total. The van der Waals surface area contributed by atoms with Crippen LogP contribution in [-0.2, 0) is 0 Å². The molecule has 96 valence electrons. The van der Waals surface area contributed by atoms with E-state index in [1.807, 2.05) is 6.08 Å². The molecule has 1 N–H and O–H groups in total. The molecule has 0 aliphatic rings. The first kappa shape index (κ1) is 15.9. The molecule has 0 aromatic rings. The standard InChI is InChI=1S/C14H30OSi/c1-8-12(2)10-9-11-13(15)16(6,7)14(3,4)5/h9,11-13,15H,8,10H2,1-7H3/b11-9+/t12?,13-/m1/s1. The summed E-state index contributed by atoms with van der Waals surface area (Å²) in [5.41, 5.74) is -0.225. The van der Waals surface area contributed by atoms with E-state index in [0.29, 0.717) is 0 Å². The summed E-state index contributed by atoms with van der Waals surface area (Å²) in [7, 11) is -1.62. The summed E-state index contributed by atoms with van der Waals surface area (Å²) >= 11 is 0. The normalized spacial score (nSPS) is 17.8. The van der Waals surface area contributed by atoms with Crippen molar-refractivity contribution in [3.63, 3.8) is 0 Å². The zero-order valence-electron chi connectivity index (χ0n) is 12.2. The van der Waals surface area contributed by atoms with E-state index in [1.54, 1.807) is 0 Å². The van der Waals surface area contributed by atoms with Crippen LogP contribution in [0.3, 0.4) is 0 Å². The maximum atomic E-state index is 10.3. The minimum atomic E-state index is -1.62. The zero-order valence-corrected chi connectivity index (χ0v) is 13.2. The van der Waals surface area contributed by atoms with E-state index in [4.69, 9.17) is 0 Å². The van der Waals surface area contributed by atoms with E-state index in [1.165, 1.54) is 6.42 Å². The van der Waals surface area contributed by atoms with E-state index in [9.17, 15) is 5.11 Å². The Hall–Kier alpha value is -0.0831. The molecule has 0 bridgehead atoms. The Morgan fingerprint density at radius 2 is 1.75 bits per heavy atom. The fourth-order valence-electron chi connectivity index (χ4n) is 1.29. The molecular weight excluding hydrogens is 212 g/mol. The highest BCUT2D eigenvalue weighted by atomic mass is 28.3. The van der Waals surface area contributed by atoms with Crippen LogP contribution in [0.25, 0.3) is 0 Å². The molecule has 0 saturated heterocycles. The Balaban J connectivity index is 4.41. The lowest BCUT2D eigenvalue weighted by Gasteiger charge is -2.39. The average Bonchev–Trinajstić information content (AvgIpc) is 2.15. The second-order valence-corrected chi connectivity index (χ2v) is 12.1. The molecule has 0 rings (SSSR count). The molecule has 0 aliphatic heterocycles. The second-order valence-electron chi connectivity index (χ2n) is 6.59. The Bertz CT molecular complexity index is 225. The molecule has 2 heteroatoms.